The third kappa shape index (κ3) is 2.31. The summed E-state index contributed by atoms with van der Waals surface area (Å²) in [4.78, 5) is 0. The van der Waals surface area contributed by atoms with Crippen LogP contribution in [0.15, 0.2) is 55.1 Å². The van der Waals surface area contributed by atoms with Crippen molar-refractivity contribution in [3.05, 3.63) is 77.9 Å². The molecular weight excluding hydrogens is 256 g/mol. The Morgan fingerprint density at radius 2 is 1.95 bits per heavy atom. The molecule has 0 spiro atoms. The number of hydrogen-bond acceptors (Lipinski definition) is 1. The normalized spacial score (nSPS) is 18.2. The van der Waals surface area contributed by atoms with Crippen molar-refractivity contribution in [1.82, 2.24) is 0 Å². The SMILES string of the molecule is C=C[C@@H](c1cccc(F)c1)[C@@H]1Cc2cc(F)ccc2N1. The van der Waals surface area contributed by atoms with Gasteiger partial charge in [-0.25, -0.2) is 8.78 Å². The Morgan fingerprint density at radius 1 is 1.15 bits per heavy atom. The maximum atomic E-state index is 13.4. The molecule has 1 aliphatic heterocycles. The highest BCUT2D eigenvalue weighted by Gasteiger charge is 2.27. The number of rotatable bonds is 3. The van der Waals surface area contributed by atoms with Crippen LogP contribution in [0.3, 0.4) is 0 Å². The van der Waals surface area contributed by atoms with Gasteiger partial charge in [0, 0.05) is 17.6 Å². The van der Waals surface area contributed by atoms with Gasteiger partial charge in [0.25, 0.3) is 0 Å². The van der Waals surface area contributed by atoms with E-state index >= 15 is 0 Å². The highest BCUT2D eigenvalue weighted by Crippen LogP contribution is 2.34. The van der Waals surface area contributed by atoms with Crippen LogP contribution < -0.4 is 5.32 Å². The molecule has 20 heavy (non-hydrogen) atoms. The van der Waals surface area contributed by atoms with Gasteiger partial charge in [-0.05, 0) is 47.9 Å². The van der Waals surface area contributed by atoms with Crippen molar-refractivity contribution >= 4 is 5.69 Å². The predicted octanol–water partition coefficient (Wildman–Crippen LogP) is 4.27. The minimum absolute atomic E-state index is 0.0128. The minimum atomic E-state index is -0.254. The zero-order valence-corrected chi connectivity index (χ0v) is 10.9. The molecular formula is C17H15F2N. The second-order valence-electron chi connectivity index (χ2n) is 5.07. The van der Waals surface area contributed by atoms with Crippen LogP contribution in [0.25, 0.3) is 0 Å². The first-order chi connectivity index (χ1) is 9.67. The molecule has 1 aliphatic rings. The maximum Gasteiger partial charge on any atom is 0.123 e. The zero-order valence-electron chi connectivity index (χ0n) is 10.9. The Balaban J connectivity index is 1.88. The first-order valence-electron chi connectivity index (χ1n) is 6.60. The highest BCUT2D eigenvalue weighted by atomic mass is 19.1. The van der Waals surface area contributed by atoms with Gasteiger partial charge in [0.1, 0.15) is 11.6 Å². The minimum Gasteiger partial charge on any atom is -0.381 e. The highest BCUT2D eigenvalue weighted by molar-refractivity contribution is 5.58. The summed E-state index contributed by atoms with van der Waals surface area (Å²) in [5, 5.41) is 3.37. The molecule has 0 aliphatic carbocycles. The molecule has 0 saturated carbocycles. The molecule has 1 N–H and O–H groups in total. The van der Waals surface area contributed by atoms with Crippen LogP contribution in [0, 0.1) is 11.6 Å². The number of hydrogen-bond donors (Lipinski definition) is 1. The van der Waals surface area contributed by atoms with E-state index in [0.29, 0.717) is 6.42 Å². The van der Waals surface area contributed by atoms with Gasteiger partial charge >= 0.3 is 0 Å². The van der Waals surface area contributed by atoms with Gasteiger partial charge in [0.15, 0.2) is 0 Å². The Hall–Kier alpha value is -2.16. The maximum absolute atomic E-state index is 13.4. The third-order valence-electron chi connectivity index (χ3n) is 3.77. The second-order valence-corrected chi connectivity index (χ2v) is 5.07. The zero-order chi connectivity index (χ0) is 14.1. The molecule has 0 unspecified atom stereocenters. The monoisotopic (exact) mass is 271 g/mol. The van der Waals surface area contributed by atoms with Crippen LogP contribution in [-0.4, -0.2) is 6.04 Å². The summed E-state index contributed by atoms with van der Waals surface area (Å²) in [6.07, 6.45) is 2.52. The quantitative estimate of drug-likeness (QED) is 0.822. The summed E-state index contributed by atoms with van der Waals surface area (Å²) >= 11 is 0. The molecule has 2 aromatic rings. The number of halogens is 2. The van der Waals surface area contributed by atoms with Gasteiger partial charge < -0.3 is 5.32 Å². The van der Waals surface area contributed by atoms with Crippen molar-refractivity contribution in [2.45, 2.75) is 18.4 Å². The van der Waals surface area contributed by atoms with Crippen molar-refractivity contribution in [2.24, 2.45) is 0 Å². The summed E-state index contributed by atoms with van der Waals surface area (Å²) in [5.41, 5.74) is 2.78. The first kappa shape index (κ1) is 12.9. The molecule has 1 nitrogen and oxygen atoms in total. The number of anilines is 1. The van der Waals surface area contributed by atoms with Crippen molar-refractivity contribution in [3.63, 3.8) is 0 Å². The summed E-state index contributed by atoms with van der Waals surface area (Å²) in [5.74, 6) is -0.496. The largest absolute Gasteiger partial charge is 0.381 e. The van der Waals surface area contributed by atoms with Crippen LogP contribution in [0.1, 0.15) is 17.0 Å². The summed E-state index contributed by atoms with van der Waals surface area (Å²) in [7, 11) is 0. The molecule has 0 amide bonds. The average molecular weight is 271 g/mol. The molecule has 2 aromatic carbocycles. The standard InChI is InChI=1S/C17H15F2N/c1-2-15(11-4-3-5-13(18)8-11)17-10-12-9-14(19)6-7-16(12)20-17/h2-9,15,17,20H,1,10H2/t15-,17-/m0/s1. The lowest BCUT2D eigenvalue weighted by molar-refractivity contribution is 0.614. The fourth-order valence-corrected chi connectivity index (χ4v) is 2.82. The van der Waals surface area contributed by atoms with Crippen LogP contribution in [0.4, 0.5) is 14.5 Å². The Kier molecular flexibility index (Phi) is 3.26. The van der Waals surface area contributed by atoms with E-state index in [2.05, 4.69) is 11.9 Å². The molecule has 0 saturated heterocycles. The molecule has 1 heterocycles. The molecule has 3 heteroatoms. The van der Waals surface area contributed by atoms with Crippen molar-refractivity contribution in [2.75, 3.05) is 5.32 Å². The Bertz CT molecular complexity index is 651. The molecule has 2 atom stereocenters. The van der Waals surface area contributed by atoms with Gasteiger partial charge in [0.2, 0.25) is 0 Å². The van der Waals surface area contributed by atoms with E-state index in [0.717, 1.165) is 16.8 Å². The van der Waals surface area contributed by atoms with E-state index in [1.165, 1.54) is 18.2 Å². The van der Waals surface area contributed by atoms with Crippen LogP contribution in [0.5, 0.6) is 0 Å². The fourth-order valence-electron chi connectivity index (χ4n) is 2.82. The van der Waals surface area contributed by atoms with E-state index in [-0.39, 0.29) is 23.6 Å². The van der Waals surface area contributed by atoms with Crippen LogP contribution in [0.2, 0.25) is 0 Å². The second kappa shape index (κ2) is 5.08. The topological polar surface area (TPSA) is 12.0 Å². The molecule has 0 bridgehead atoms. The molecule has 0 aromatic heterocycles. The van der Waals surface area contributed by atoms with Crippen molar-refractivity contribution < 1.29 is 8.78 Å². The van der Waals surface area contributed by atoms with Crippen LogP contribution in [-0.2, 0) is 6.42 Å². The Morgan fingerprint density at radius 3 is 2.70 bits per heavy atom. The van der Waals surface area contributed by atoms with Crippen molar-refractivity contribution in [1.29, 1.82) is 0 Å². The van der Waals surface area contributed by atoms with Gasteiger partial charge in [-0.1, -0.05) is 18.2 Å². The molecule has 0 fully saturated rings. The summed E-state index contributed by atoms with van der Waals surface area (Å²) in [6.45, 7) is 3.86. The Labute approximate surface area is 116 Å². The van der Waals surface area contributed by atoms with Crippen molar-refractivity contribution in [3.8, 4) is 0 Å². The van der Waals surface area contributed by atoms with E-state index < -0.39 is 0 Å². The van der Waals surface area contributed by atoms with E-state index in [1.807, 2.05) is 12.1 Å². The van der Waals surface area contributed by atoms with Gasteiger partial charge in [-0.15, -0.1) is 6.58 Å². The first-order valence-corrected chi connectivity index (χ1v) is 6.60. The number of fused-ring (bicyclic) bond motifs is 1. The lowest BCUT2D eigenvalue weighted by atomic mass is 9.90. The van der Waals surface area contributed by atoms with E-state index in [1.54, 1.807) is 18.2 Å². The predicted molar refractivity (Wildman–Crippen MR) is 76.9 cm³/mol. The third-order valence-corrected chi connectivity index (χ3v) is 3.77. The van der Waals surface area contributed by atoms with Gasteiger partial charge in [0.05, 0.1) is 0 Å². The smallest absolute Gasteiger partial charge is 0.123 e. The van der Waals surface area contributed by atoms with E-state index in [9.17, 15) is 8.78 Å². The lowest BCUT2D eigenvalue weighted by Gasteiger charge is -2.21. The fraction of sp³-hybridized carbons (Fsp3) is 0.176. The average Bonchev–Trinajstić information content (AvgIpc) is 2.82. The summed E-state index contributed by atoms with van der Waals surface area (Å²) < 4.78 is 26.6. The number of nitrogens with one attached hydrogen (secondary N) is 1. The molecule has 0 radical (unpaired) electrons. The molecule has 3 rings (SSSR count). The van der Waals surface area contributed by atoms with Gasteiger partial charge in [-0.2, -0.15) is 0 Å². The number of benzene rings is 2. The molecule has 102 valence electrons. The lowest BCUT2D eigenvalue weighted by Crippen LogP contribution is -2.23. The van der Waals surface area contributed by atoms with E-state index in [4.69, 9.17) is 0 Å². The summed E-state index contributed by atoms with van der Waals surface area (Å²) in [6, 6.07) is 11.4. The van der Waals surface area contributed by atoms with Gasteiger partial charge in [-0.3, -0.25) is 0 Å². The van der Waals surface area contributed by atoms with Crippen LogP contribution >= 0.6 is 0 Å².